The number of hydrogen-bond donors (Lipinski definition) is 2. The van der Waals surface area contributed by atoms with E-state index in [-0.39, 0.29) is 6.61 Å². The number of pyridine rings is 1. The van der Waals surface area contributed by atoms with Gasteiger partial charge in [0, 0.05) is 24.0 Å². The highest BCUT2D eigenvalue weighted by Crippen LogP contribution is 2.17. The van der Waals surface area contributed by atoms with Gasteiger partial charge >= 0.3 is 0 Å². The predicted octanol–water partition coefficient (Wildman–Crippen LogP) is 2.31. The first-order valence-corrected chi connectivity index (χ1v) is 7.28. The Morgan fingerprint density at radius 3 is 2.95 bits per heavy atom. The van der Waals surface area contributed by atoms with Crippen LogP contribution in [0, 0.1) is 0 Å². The monoisotopic (exact) mass is 306 g/mol. The van der Waals surface area contributed by atoms with Crippen molar-refractivity contribution in [3.05, 3.63) is 59.4 Å². The molecule has 0 aliphatic rings. The Hall–Kier alpha value is -1.62. The highest BCUT2D eigenvalue weighted by molar-refractivity contribution is 6.30. The fourth-order valence-corrected chi connectivity index (χ4v) is 2.04. The number of rotatable bonds is 8. The fraction of sp³-hybridized carbons (Fsp3) is 0.312. The summed E-state index contributed by atoms with van der Waals surface area (Å²) < 4.78 is 5.48. The van der Waals surface area contributed by atoms with E-state index >= 15 is 0 Å². The Bertz CT molecular complexity index is 537. The van der Waals surface area contributed by atoms with Crippen molar-refractivity contribution in [2.75, 3.05) is 19.7 Å². The van der Waals surface area contributed by atoms with Crippen LogP contribution in [-0.2, 0) is 6.42 Å². The number of ether oxygens (including phenoxy) is 1. The Labute approximate surface area is 129 Å². The molecule has 4 nitrogen and oxygen atoms in total. The number of nitrogens with one attached hydrogen (secondary N) is 1. The molecule has 2 rings (SSSR count). The summed E-state index contributed by atoms with van der Waals surface area (Å²) >= 11 is 5.86. The van der Waals surface area contributed by atoms with Gasteiger partial charge < -0.3 is 15.2 Å². The lowest BCUT2D eigenvalue weighted by molar-refractivity contribution is 0.106. The highest BCUT2D eigenvalue weighted by atomic mass is 35.5. The molecule has 0 bridgehead atoms. The van der Waals surface area contributed by atoms with Crippen LogP contribution in [0.2, 0.25) is 5.02 Å². The predicted molar refractivity (Wildman–Crippen MR) is 83.8 cm³/mol. The molecule has 2 aromatic rings. The molecule has 1 aromatic heterocycles. The Balaban J connectivity index is 1.60. The van der Waals surface area contributed by atoms with E-state index in [9.17, 15) is 5.11 Å². The van der Waals surface area contributed by atoms with Crippen LogP contribution < -0.4 is 10.1 Å². The van der Waals surface area contributed by atoms with E-state index in [0.717, 1.165) is 13.0 Å². The van der Waals surface area contributed by atoms with Gasteiger partial charge in [-0.3, -0.25) is 4.98 Å². The molecule has 21 heavy (non-hydrogen) atoms. The molecule has 0 radical (unpaired) electrons. The van der Waals surface area contributed by atoms with E-state index in [2.05, 4.69) is 10.3 Å². The normalized spacial score (nSPS) is 12.1. The summed E-state index contributed by atoms with van der Waals surface area (Å²) in [7, 11) is 0. The van der Waals surface area contributed by atoms with Crippen LogP contribution in [0.3, 0.4) is 0 Å². The Kier molecular flexibility index (Phi) is 6.47. The number of hydrogen-bond acceptors (Lipinski definition) is 4. The summed E-state index contributed by atoms with van der Waals surface area (Å²) in [6.45, 7) is 1.51. The molecule has 0 amide bonds. The lowest BCUT2D eigenvalue weighted by Gasteiger charge is -2.13. The smallest absolute Gasteiger partial charge is 0.120 e. The van der Waals surface area contributed by atoms with Gasteiger partial charge in [-0.15, -0.1) is 0 Å². The average molecular weight is 307 g/mol. The number of aliphatic hydroxyl groups is 1. The summed E-state index contributed by atoms with van der Waals surface area (Å²) in [5, 5.41) is 13.7. The number of halogens is 1. The summed E-state index contributed by atoms with van der Waals surface area (Å²) in [6.07, 6.45) is 3.93. The van der Waals surface area contributed by atoms with Crippen LogP contribution >= 0.6 is 11.6 Å². The summed E-state index contributed by atoms with van der Waals surface area (Å²) in [5.41, 5.74) is 1.18. The number of aromatic nitrogens is 1. The topological polar surface area (TPSA) is 54.4 Å². The lowest BCUT2D eigenvalue weighted by Crippen LogP contribution is -2.32. The molecule has 0 saturated heterocycles. The SMILES string of the molecule is OC(CNCCc1cccnc1)COc1cccc(Cl)c1. The van der Waals surface area contributed by atoms with Crippen molar-refractivity contribution in [2.45, 2.75) is 12.5 Å². The summed E-state index contributed by atoms with van der Waals surface area (Å²) in [4.78, 5) is 4.06. The maximum atomic E-state index is 9.84. The summed E-state index contributed by atoms with van der Waals surface area (Å²) in [5.74, 6) is 0.664. The zero-order chi connectivity index (χ0) is 14.9. The molecule has 2 N–H and O–H groups in total. The molecule has 0 aliphatic carbocycles. The molecular weight excluding hydrogens is 288 g/mol. The molecule has 1 unspecified atom stereocenters. The highest BCUT2D eigenvalue weighted by Gasteiger charge is 2.05. The van der Waals surface area contributed by atoms with E-state index < -0.39 is 6.10 Å². The van der Waals surface area contributed by atoms with Gasteiger partial charge in [0.15, 0.2) is 0 Å². The van der Waals surface area contributed by atoms with Crippen LogP contribution in [-0.4, -0.2) is 35.9 Å². The molecule has 0 saturated carbocycles. The van der Waals surface area contributed by atoms with E-state index in [1.807, 2.05) is 30.5 Å². The number of aliphatic hydroxyl groups excluding tert-OH is 1. The maximum absolute atomic E-state index is 9.84. The van der Waals surface area contributed by atoms with Crippen LogP contribution in [0.15, 0.2) is 48.8 Å². The quantitative estimate of drug-likeness (QED) is 0.735. The lowest BCUT2D eigenvalue weighted by atomic mass is 10.2. The van der Waals surface area contributed by atoms with Crippen LogP contribution in [0.5, 0.6) is 5.75 Å². The third-order valence-electron chi connectivity index (χ3n) is 2.93. The van der Waals surface area contributed by atoms with Crippen LogP contribution in [0.4, 0.5) is 0 Å². The molecule has 112 valence electrons. The molecule has 0 aliphatic heterocycles. The third-order valence-corrected chi connectivity index (χ3v) is 3.17. The van der Waals surface area contributed by atoms with Crippen molar-refractivity contribution in [3.8, 4) is 5.75 Å². The molecule has 0 spiro atoms. The van der Waals surface area contributed by atoms with E-state index in [1.54, 1.807) is 18.3 Å². The third kappa shape index (κ3) is 6.12. The van der Waals surface area contributed by atoms with E-state index in [1.165, 1.54) is 5.56 Å². The van der Waals surface area contributed by atoms with Crippen molar-refractivity contribution in [1.82, 2.24) is 10.3 Å². The Morgan fingerprint density at radius 1 is 1.29 bits per heavy atom. The molecule has 5 heteroatoms. The first kappa shape index (κ1) is 15.8. The molecule has 0 fully saturated rings. The van der Waals surface area contributed by atoms with E-state index in [0.29, 0.717) is 17.3 Å². The zero-order valence-electron chi connectivity index (χ0n) is 11.7. The van der Waals surface area contributed by atoms with E-state index in [4.69, 9.17) is 16.3 Å². The van der Waals surface area contributed by atoms with Crippen molar-refractivity contribution in [1.29, 1.82) is 0 Å². The second kappa shape index (κ2) is 8.62. The van der Waals surface area contributed by atoms with Gasteiger partial charge in [-0.25, -0.2) is 0 Å². The number of benzene rings is 1. The number of nitrogens with zero attached hydrogens (tertiary/aromatic N) is 1. The maximum Gasteiger partial charge on any atom is 0.120 e. The van der Waals surface area contributed by atoms with Crippen molar-refractivity contribution in [3.63, 3.8) is 0 Å². The van der Waals surface area contributed by atoms with Gasteiger partial charge in [0.25, 0.3) is 0 Å². The molecular formula is C16H19ClN2O2. The zero-order valence-corrected chi connectivity index (χ0v) is 12.5. The van der Waals surface area contributed by atoms with Gasteiger partial charge in [0.05, 0.1) is 0 Å². The first-order valence-electron chi connectivity index (χ1n) is 6.90. The Morgan fingerprint density at radius 2 is 2.19 bits per heavy atom. The first-order chi connectivity index (χ1) is 10.2. The van der Waals surface area contributed by atoms with Gasteiger partial charge in [0.2, 0.25) is 0 Å². The van der Waals surface area contributed by atoms with Crippen LogP contribution in [0.25, 0.3) is 0 Å². The molecule has 1 aromatic carbocycles. The minimum Gasteiger partial charge on any atom is -0.491 e. The van der Waals surface area contributed by atoms with Crippen molar-refractivity contribution >= 4 is 11.6 Å². The van der Waals surface area contributed by atoms with Gasteiger partial charge in [-0.1, -0.05) is 23.7 Å². The van der Waals surface area contributed by atoms with Crippen molar-refractivity contribution in [2.24, 2.45) is 0 Å². The summed E-state index contributed by atoms with van der Waals surface area (Å²) in [6, 6.07) is 11.1. The van der Waals surface area contributed by atoms with Gasteiger partial charge in [0.1, 0.15) is 18.5 Å². The average Bonchev–Trinajstić information content (AvgIpc) is 2.51. The largest absolute Gasteiger partial charge is 0.491 e. The molecule has 1 atom stereocenters. The standard InChI is InChI=1S/C16H19ClN2O2/c17-14-4-1-5-16(9-14)21-12-15(20)11-19-8-6-13-3-2-7-18-10-13/h1-5,7,9-10,15,19-20H,6,8,11-12H2. The minimum absolute atomic E-state index is 0.236. The van der Waals surface area contributed by atoms with Crippen molar-refractivity contribution < 1.29 is 9.84 Å². The molecule has 1 heterocycles. The van der Waals surface area contributed by atoms with Gasteiger partial charge in [-0.2, -0.15) is 0 Å². The second-order valence-electron chi connectivity index (χ2n) is 4.74. The fourth-order valence-electron chi connectivity index (χ4n) is 1.86. The second-order valence-corrected chi connectivity index (χ2v) is 5.17. The van der Waals surface area contributed by atoms with Crippen LogP contribution in [0.1, 0.15) is 5.56 Å². The van der Waals surface area contributed by atoms with Gasteiger partial charge in [-0.05, 0) is 42.8 Å². The minimum atomic E-state index is -0.558.